The summed E-state index contributed by atoms with van der Waals surface area (Å²) in [4.78, 5) is 22.2. The van der Waals surface area contributed by atoms with Crippen molar-refractivity contribution in [3.8, 4) is 0 Å². The van der Waals surface area contributed by atoms with Crippen LogP contribution in [0.25, 0.3) is 0 Å². The highest BCUT2D eigenvalue weighted by Crippen LogP contribution is 2.14. The number of carbonyl (C=O) groups excluding carboxylic acids is 2. The van der Waals surface area contributed by atoms with Gasteiger partial charge in [-0.25, -0.2) is 0 Å². The first-order chi connectivity index (χ1) is 8.37. The number of piperidine rings is 1. The second kappa shape index (κ2) is 6.58. The first kappa shape index (κ1) is 14.7. The molecule has 1 unspecified atom stereocenters. The lowest BCUT2D eigenvalue weighted by atomic mass is 10.1. The molecule has 1 aliphatic rings. The van der Waals surface area contributed by atoms with Crippen LogP contribution >= 0.6 is 0 Å². The first-order valence-corrected chi connectivity index (χ1v) is 5.57. The Hall–Kier alpha value is -1.31. The van der Waals surface area contributed by atoms with Crippen molar-refractivity contribution in [2.45, 2.75) is 31.5 Å². The lowest BCUT2D eigenvalue weighted by molar-refractivity contribution is -0.174. The minimum absolute atomic E-state index is 0.0611. The Labute approximate surface area is 102 Å². The molecule has 0 spiro atoms. The third-order valence-electron chi connectivity index (χ3n) is 2.37. The summed E-state index contributed by atoms with van der Waals surface area (Å²) in [5, 5.41) is 5.21. The Bertz CT molecular complexity index is 297. The van der Waals surface area contributed by atoms with Gasteiger partial charge in [-0.15, -0.1) is 0 Å². The number of carbonyl (C=O) groups is 2. The fourth-order valence-electron chi connectivity index (χ4n) is 1.51. The number of amides is 2. The van der Waals surface area contributed by atoms with E-state index in [1.165, 1.54) is 0 Å². The highest BCUT2D eigenvalue weighted by Gasteiger charge is 2.27. The van der Waals surface area contributed by atoms with Crippen LogP contribution in [-0.2, 0) is 14.3 Å². The molecule has 1 saturated heterocycles. The van der Waals surface area contributed by atoms with Crippen LogP contribution in [0.4, 0.5) is 13.2 Å². The third kappa shape index (κ3) is 6.43. The van der Waals surface area contributed by atoms with Gasteiger partial charge < -0.3 is 15.4 Å². The van der Waals surface area contributed by atoms with Crippen molar-refractivity contribution in [1.82, 2.24) is 10.6 Å². The van der Waals surface area contributed by atoms with Crippen LogP contribution in [-0.4, -0.2) is 43.8 Å². The Balaban J connectivity index is 2.09. The fraction of sp³-hybridized carbons (Fsp3) is 0.800. The van der Waals surface area contributed by atoms with Gasteiger partial charge in [0, 0.05) is 25.4 Å². The maximum absolute atomic E-state index is 11.7. The molecule has 1 atom stereocenters. The number of halogens is 3. The molecule has 0 bridgehead atoms. The van der Waals surface area contributed by atoms with Gasteiger partial charge in [-0.1, -0.05) is 0 Å². The Kier molecular flexibility index (Phi) is 5.39. The van der Waals surface area contributed by atoms with Crippen LogP contribution in [0.1, 0.15) is 19.3 Å². The smallest absolute Gasteiger partial charge is 0.372 e. The van der Waals surface area contributed by atoms with E-state index in [0.29, 0.717) is 19.4 Å². The molecule has 104 valence electrons. The lowest BCUT2D eigenvalue weighted by Crippen LogP contribution is -2.47. The predicted molar refractivity (Wildman–Crippen MR) is 55.7 cm³/mol. The van der Waals surface area contributed by atoms with Crippen molar-refractivity contribution in [2.24, 2.45) is 0 Å². The maximum Gasteiger partial charge on any atom is 0.411 e. The molecule has 1 fully saturated rings. The molecule has 18 heavy (non-hydrogen) atoms. The van der Waals surface area contributed by atoms with Crippen molar-refractivity contribution in [3.63, 3.8) is 0 Å². The van der Waals surface area contributed by atoms with Gasteiger partial charge in [0.1, 0.15) is 6.61 Å². The van der Waals surface area contributed by atoms with Gasteiger partial charge in [-0.3, -0.25) is 9.59 Å². The molecule has 0 aromatic carbocycles. The zero-order valence-corrected chi connectivity index (χ0v) is 9.68. The first-order valence-electron chi connectivity index (χ1n) is 5.57. The maximum atomic E-state index is 11.7. The molecular formula is C10H15F3N2O3. The normalized spacial score (nSPS) is 20.4. The predicted octanol–water partition coefficient (Wildman–Crippen LogP) is 0.350. The van der Waals surface area contributed by atoms with Crippen LogP contribution in [0.2, 0.25) is 0 Å². The molecule has 8 heteroatoms. The number of ether oxygens (including phenoxy) is 1. The van der Waals surface area contributed by atoms with Crippen molar-refractivity contribution in [3.05, 3.63) is 0 Å². The van der Waals surface area contributed by atoms with Crippen molar-refractivity contribution >= 4 is 11.8 Å². The van der Waals surface area contributed by atoms with E-state index in [-0.39, 0.29) is 30.9 Å². The minimum atomic E-state index is -4.37. The standard InChI is InChI=1S/C10H15F3N2O3/c11-10(12,13)6-18-4-3-9(17)15-7-1-2-8(16)14-5-7/h7H,1-6H2,(H,14,16)(H,15,17). The molecule has 2 amide bonds. The molecule has 1 heterocycles. The van der Waals surface area contributed by atoms with E-state index in [9.17, 15) is 22.8 Å². The molecule has 0 saturated carbocycles. The summed E-state index contributed by atoms with van der Waals surface area (Å²) in [6.07, 6.45) is -3.61. The van der Waals surface area contributed by atoms with Crippen LogP contribution < -0.4 is 10.6 Å². The van der Waals surface area contributed by atoms with Gasteiger partial charge in [0.25, 0.3) is 0 Å². The zero-order chi connectivity index (χ0) is 13.6. The van der Waals surface area contributed by atoms with Crippen molar-refractivity contribution in [1.29, 1.82) is 0 Å². The monoisotopic (exact) mass is 268 g/mol. The molecule has 0 aromatic heterocycles. The largest absolute Gasteiger partial charge is 0.411 e. The van der Waals surface area contributed by atoms with Gasteiger partial charge >= 0.3 is 6.18 Å². The van der Waals surface area contributed by atoms with E-state index in [4.69, 9.17) is 0 Å². The van der Waals surface area contributed by atoms with Gasteiger partial charge in [-0.05, 0) is 6.42 Å². The average Bonchev–Trinajstić information content (AvgIpc) is 2.26. The van der Waals surface area contributed by atoms with E-state index < -0.39 is 12.8 Å². The quantitative estimate of drug-likeness (QED) is 0.707. The summed E-state index contributed by atoms with van der Waals surface area (Å²) in [6, 6.07) is -0.155. The zero-order valence-electron chi connectivity index (χ0n) is 9.68. The Morgan fingerprint density at radius 3 is 2.78 bits per heavy atom. The van der Waals surface area contributed by atoms with E-state index >= 15 is 0 Å². The summed E-state index contributed by atoms with van der Waals surface area (Å²) >= 11 is 0. The highest BCUT2D eigenvalue weighted by atomic mass is 19.4. The number of nitrogens with one attached hydrogen (secondary N) is 2. The van der Waals surface area contributed by atoms with Crippen LogP contribution in [0.3, 0.4) is 0 Å². The topological polar surface area (TPSA) is 67.4 Å². The van der Waals surface area contributed by atoms with Gasteiger partial charge in [0.2, 0.25) is 11.8 Å². The van der Waals surface area contributed by atoms with E-state index in [2.05, 4.69) is 15.4 Å². The molecule has 0 aliphatic carbocycles. The van der Waals surface area contributed by atoms with Gasteiger partial charge in [0.15, 0.2) is 0 Å². The molecule has 0 aromatic rings. The Morgan fingerprint density at radius 2 is 2.22 bits per heavy atom. The summed E-state index contributed by atoms with van der Waals surface area (Å²) in [5.74, 6) is -0.438. The molecule has 1 aliphatic heterocycles. The fourth-order valence-corrected chi connectivity index (χ4v) is 1.51. The van der Waals surface area contributed by atoms with Gasteiger partial charge in [-0.2, -0.15) is 13.2 Å². The SMILES string of the molecule is O=C1CCC(NC(=O)CCOCC(F)(F)F)CN1. The molecule has 5 nitrogen and oxygen atoms in total. The van der Waals surface area contributed by atoms with Crippen LogP contribution in [0, 0.1) is 0 Å². The number of hydrogen-bond donors (Lipinski definition) is 2. The summed E-state index contributed by atoms with van der Waals surface area (Å²) < 4.78 is 39.5. The van der Waals surface area contributed by atoms with Gasteiger partial charge in [0.05, 0.1) is 6.61 Å². The van der Waals surface area contributed by atoms with Crippen LogP contribution in [0.15, 0.2) is 0 Å². The number of alkyl halides is 3. The molecule has 0 radical (unpaired) electrons. The highest BCUT2D eigenvalue weighted by molar-refractivity contribution is 5.78. The number of rotatable bonds is 5. The van der Waals surface area contributed by atoms with E-state index in [0.717, 1.165) is 0 Å². The summed E-state index contributed by atoms with van der Waals surface area (Å²) in [7, 11) is 0. The minimum Gasteiger partial charge on any atom is -0.372 e. The number of hydrogen-bond acceptors (Lipinski definition) is 3. The van der Waals surface area contributed by atoms with Crippen LogP contribution in [0.5, 0.6) is 0 Å². The Morgan fingerprint density at radius 1 is 1.50 bits per heavy atom. The molecule has 1 rings (SSSR count). The lowest BCUT2D eigenvalue weighted by Gasteiger charge is -2.23. The third-order valence-corrected chi connectivity index (χ3v) is 2.37. The van der Waals surface area contributed by atoms with Crippen molar-refractivity contribution in [2.75, 3.05) is 19.8 Å². The molecule has 2 N–H and O–H groups in total. The second-order valence-corrected chi connectivity index (χ2v) is 4.02. The average molecular weight is 268 g/mol. The summed E-state index contributed by atoms with van der Waals surface area (Å²) in [5.41, 5.74) is 0. The molecular weight excluding hydrogens is 253 g/mol. The van der Waals surface area contributed by atoms with E-state index in [1.54, 1.807) is 0 Å². The van der Waals surface area contributed by atoms with Crippen molar-refractivity contribution < 1.29 is 27.5 Å². The summed E-state index contributed by atoms with van der Waals surface area (Å²) in [6.45, 7) is -1.27. The van der Waals surface area contributed by atoms with E-state index in [1.807, 2.05) is 0 Å². The second-order valence-electron chi connectivity index (χ2n) is 4.02.